The highest BCUT2D eigenvalue weighted by Gasteiger charge is 2.64. The number of nitrogens with zero attached hydrogens (tertiary/aromatic N) is 3. The van der Waals surface area contributed by atoms with Crippen LogP contribution in [-0.2, 0) is 9.47 Å². The van der Waals surface area contributed by atoms with E-state index in [0.29, 0.717) is 18.1 Å². The molecule has 2 aliphatic heterocycles. The third-order valence-corrected chi connectivity index (χ3v) is 6.90. The number of nitrogens with one attached hydrogen (secondary N) is 1. The van der Waals surface area contributed by atoms with Crippen molar-refractivity contribution in [2.45, 2.75) is 37.9 Å². The van der Waals surface area contributed by atoms with Crippen LogP contribution in [0.25, 0.3) is 11.2 Å². The Balaban J connectivity index is 1.73. The lowest BCUT2D eigenvalue weighted by molar-refractivity contribution is -0.187. The molecule has 8 nitrogen and oxygen atoms in total. The van der Waals surface area contributed by atoms with Gasteiger partial charge in [-0.05, 0) is 32.3 Å². The zero-order valence-electron chi connectivity index (χ0n) is 15.5. The van der Waals surface area contributed by atoms with Gasteiger partial charge in [0.2, 0.25) is 0 Å². The van der Waals surface area contributed by atoms with Crippen LogP contribution in [0.2, 0.25) is 0 Å². The number of rotatable bonds is 4. The predicted octanol–water partition coefficient (Wildman–Crippen LogP) is 0.801. The Morgan fingerprint density at radius 2 is 2.31 bits per heavy atom. The predicted molar refractivity (Wildman–Crippen MR) is 101 cm³/mol. The number of ether oxygens (including phenoxy) is 2. The van der Waals surface area contributed by atoms with Gasteiger partial charge in [-0.1, -0.05) is 6.92 Å². The maximum absolute atomic E-state index is 12.1. The summed E-state index contributed by atoms with van der Waals surface area (Å²) in [4.78, 5) is 23.3. The number of imidazole rings is 1. The Kier molecular flexibility index (Phi) is 3.97. The van der Waals surface area contributed by atoms with Gasteiger partial charge in [0.15, 0.2) is 17.4 Å². The summed E-state index contributed by atoms with van der Waals surface area (Å²) in [6.07, 6.45) is 4.90. The van der Waals surface area contributed by atoms with Crippen LogP contribution >= 0.6 is 6.89 Å². The molecular formula is C17H25N4O4P. The van der Waals surface area contributed by atoms with E-state index in [9.17, 15) is 9.90 Å². The van der Waals surface area contributed by atoms with Crippen molar-refractivity contribution in [2.75, 3.05) is 26.1 Å². The smallest absolute Gasteiger partial charge is 0.279 e. The number of hydrogen-bond donors (Lipinski definition) is 2. The first-order chi connectivity index (χ1) is 12.1. The molecule has 0 amide bonds. The maximum Gasteiger partial charge on any atom is 0.279 e. The lowest BCUT2D eigenvalue weighted by Crippen LogP contribution is -2.47. The molecule has 2 fully saturated rings. The van der Waals surface area contributed by atoms with Crippen molar-refractivity contribution in [3.8, 4) is 0 Å². The van der Waals surface area contributed by atoms with Gasteiger partial charge in [-0.15, -0.1) is 13.2 Å². The SMILES string of the molecule is C=P(C)(C)CC(C)[C@@]12CO[C@@H]([C@H](n3cnc4c(=O)[nH]c(C)nc43)O1)[C@@H]2O. The first-order valence-electron chi connectivity index (χ1n) is 8.71. The number of aryl methyl sites for hydroxylation is 1. The molecule has 4 heterocycles. The molecule has 26 heavy (non-hydrogen) atoms. The van der Waals surface area contributed by atoms with Crippen molar-refractivity contribution in [3.63, 3.8) is 0 Å². The van der Waals surface area contributed by atoms with Crippen LogP contribution in [0.1, 0.15) is 19.0 Å². The van der Waals surface area contributed by atoms with Crippen molar-refractivity contribution >= 4 is 24.3 Å². The van der Waals surface area contributed by atoms with Gasteiger partial charge in [-0.25, -0.2) is 9.97 Å². The van der Waals surface area contributed by atoms with Crippen molar-refractivity contribution in [2.24, 2.45) is 5.92 Å². The molecule has 2 bridgehead atoms. The molecule has 0 radical (unpaired) electrons. The van der Waals surface area contributed by atoms with E-state index in [1.807, 2.05) is 0 Å². The normalized spacial score (nSPS) is 32.4. The summed E-state index contributed by atoms with van der Waals surface area (Å²) >= 11 is 0. The molecule has 0 aliphatic carbocycles. The highest BCUT2D eigenvalue weighted by Crippen LogP contribution is 2.52. The fourth-order valence-corrected chi connectivity index (χ4v) is 5.99. The molecule has 2 saturated heterocycles. The van der Waals surface area contributed by atoms with Crippen LogP contribution in [0, 0.1) is 12.8 Å². The molecule has 2 aliphatic rings. The number of aliphatic hydroxyl groups excluding tert-OH is 1. The van der Waals surface area contributed by atoms with E-state index >= 15 is 0 Å². The minimum Gasteiger partial charge on any atom is -0.387 e. The highest BCUT2D eigenvalue weighted by atomic mass is 31.2. The van der Waals surface area contributed by atoms with E-state index in [-0.39, 0.29) is 17.0 Å². The Bertz CT molecular complexity index is 963. The molecule has 0 saturated carbocycles. The van der Waals surface area contributed by atoms with Gasteiger partial charge in [-0.3, -0.25) is 9.36 Å². The summed E-state index contributed by atoms with van der Waals surface area (Å²) in [5, 5.41) is 10.9. The minimum atomic E-state index is -1.29. The van der Waals surface area contributed by atoms with E-state index in [4.69, 9.17) is 9.47 Å². The van der Waals surface area contributed by atoms with Gasteiger partial charge in [0.1, 0.15) is 23.6 Å². The largest absolute Gasteiger partial charge is 0.387 e. The standard InChI is InChI=1S/C17H25N4O4P/c1-9(6-26(3,4)5)17-7-24-12(13(17)22)16(25-17)21-8-18-11-14(21)19-10(2)20-15(11)23/h8-9,12-13,16,22H,3,6-7H2,1-2,4-5H3,(H,19,20,23)/t9?,12-,13+,16-,17-/m1/s1. The van der Waals surface area contributed by atoms with Crippen molar-refractivity contribution in [3.05, 3.63) is 22.5 Å². The Labute approximate surface area is 151 Å². The lowest BCUT2D eigenvalue weighted by Gasteiger charge is -2.37. The van der Waals surface area contributed by atoms with E-state index in [2.05, 4.69) is 41.5 Å². The van der Waals surface area contributed by atoms with E-state index in [1.165, 1.54) is 6.33 Å². The average molecular weight is 380 g/mol. The van der Waals surface area contributed by atoms with Gasteiger partial charge in [0.25, 0.3) is 5.56 Å². The van der Waals surface area contributed by atoms with Crippen molar-refractivity contribution < 1.29 is 14.6 Å². The fourth-order valence-electron chi connectivity index (χ4n) is 4.20. The number of hydrogen-bond acceptors (Lipinski definition) is 6. The molecule has 0 aromatic carbocycles. The summed E-state index contributed by atoms with van der Waals surface area (Å²) in [5.74, 6) is 0.599. The van der Waals surface area contributed by atoms with Gasteiger partial charge >= 0.3 is 0 Å². The summed E-state index contributed by atoms with van der Waals surface area (Å²) in [6.45, 7) is 7.22. The number of fused-ring (bicyclic) bond motifs is 3. The molecule has 1 unspecified atom stereocenters. The molecule has 142 valence electrons. The molecular weight excluding hydrogens is 355 g/mol. The zero-order chi connectivity index (χ0) is 18.9. The molecule has 2 aromatic rings. The average Bonchev–Trinajstić information content (AvgIpc) is 3.16. The Hall–Kier alpha value is -1.47. The van der Waals surface area contributed by atoms with Crippen LogP contribution < -0.4 is 5.56 Å². The monoisotopic (exact) mass is 380 g/mol. The number of aromatic amines is 1. The van der Waals surface area contributed by atoms with Crippen molar-refractivity contribution in [1.82, 2.24) is 19.5 Å². The van der Waals surface area contributed by atoms with E-state index < -0.39 is 30.9 Å². The van der Waals surface area contributed by atoms with Gasteiger partial charge in [0, 0.05) is 0 Å². The summed E-state index contributed by atoms with van der Waals surface area (Å²) in [5.41, 5.74) is -0.366. The highest BCUT2D eigenvalue weighted by molar-refractivity contribution is 7.72. The van der Waals surface area contributed by atoms with Crippen LogP contribution in [0.15, 0.2) is 11.1 Å². The van der Waals surface area contributed by atoms with Crippen molar-refractivity contribution in [1.29, 1.82) is 0 Å². The second-order valence-corrected chi connectivity index (χ2v) is 12.4. The fraction of sp³-hybridized carbons (Fsp3) is 0.647. The second kappa shape index (κ2) is 5.76. The summed E-state index contributed by atoms with van der Waals surface area (Å²) in [6, 6.07) is 0. The summed E-state index contributed by atoms with van der Waals surface area (Å²) < 4.78 is 14.0. The van der Waals surface area contributed by atoms with Crippen LogP contribution in [-0.4, -0.2) is 74.8 Å². The summed E-state index contributed by atoms with van der Waals surface area (Å²) in [7, 11) is 0. The molecule has 4 rings (SSSR count). The molecule has 9 heteroatoms. The van der Waals surface area contributed by atoms with E-state index in [0.717, 1.165) is 6.16 Å². The molecule has 2 N–H and O–H groups in total. The first-order valence-corrected chi connectivity index (χ1v) is 11.8. The van der Waals surface area contributed by atoms with Gasteiger partial charge in [-0.2, -0.15) is 0 Å². The van der Waals surface area contributed by atoms with Crippen LogP contribution in [0.3, 0.4) is 0 Å². The maximum atomic E-state index is 12.1. The molecule has 0 spiro atoms. The van der Waals surface area contributed by atoms with Crippen LogP contribution in [0.5, 0.6) is 0 Å². The Morgan fingerprint density at radius 1 is 1.58 bits per heavy atom. The Morgan fingerprint density at radius 3 is 3.00 bits per heavy atom. The van der Waals surface area contributed by atoms with E-state index in [1.54, 1.807) is 11.5 Å². The molecule has 5 atom stereocenters. The number of aliphatic hydroxyl groups is 1. The zero-order valence-corrected chi connectivity index (χ0v) is 16.4. The topological polar surface area (TPSA) is 102 Å². The molecule has 2 aromatic heterocycles. The van der Waals surface area contributed by atoms with Crippen LogP contribution in [0.4, 0.5) is 0 Å². The lowest BCUT2D eigenvalue weighted by atomic mass is 9.87. The quantitative estimate of drug-likeness (QED) is 0.761. The number of H-pyrrole nitrogens is 1. The second-order valence-electron chi connectivity index (χ2n) is 8.18. The third kappa shape index (κ3) is 2.59. The third-order valence-electron chi connectivity index (χ3n) is 5.36. The minimum absolute atomic E-state index is 0.0983. The van der Waals surface area contributed by atoms with Gasteiger partial charge in [0.05, 0.1) is 12.9 Å². The number of aromatic nitrogens is 4. The van der Waals surface area contributed by atoms with Gasteiger partial charge < -0.3 is 19.6 Å². The first kappa shape index (κ1) is 17.9.